The summed E-state index contributed by atoms with van der Waals surface area (Å²) in [6.07, 6.45) is 1.58. The molecule has 0 atom stereocenters. The van der Waals surface area contributed by atoms with Gasteiger partial charge in [-0.3, -0.25) is 14.7 Å². The second kappa shape index (κ2) is 8.07. The van der Waals surface area contributed by atoms with Gasteiger partial charge in [0, 0.05) is 10.6 Å². The highest BCUT2D eigenvalue weighted by Crippen LogP contribution is 2.26. The zero-order valence-electron chi connectivity index (χ0n) is 13.4. The van der Waals surface area contributed by atoms with Crippen LogP contribution in [0.1, 0.15) is 5.76 Å². The van der Waals surface area contributed by atoms with E-state index in [0.29, 0.717) is 28.3 Å². The van der Waals surface area contributed by atoms with Crippen molar-refractivity contribution in [1.82, 2.24) is 20.1 Å². The number of hydrogen-bond acceptors (Lipinski definition) is 6. The van der Waals surface area contributed by atoms with E-state index in [0.717, 1.165) is 17.3 Å². The Bertz CT molecular complexity index is 909. The van der Waals surface area contributed by atoms with Gasteiger partial charge in [0.05, 0.1) is 18.6 Å². The Balaban J connectivity index is 1.87. The highest BCUT2D eigenvalue weighted by Gasteiger charge is 2.17. The van der Waals surface area contributed by atoms with E-state index in [1.54, 1.807) is 24.5 Å². The number of nitrogens with two attached hydrogens (primary N) is 1. The van der Waals surface area contributed by atoms with Crippen molar-refractivity contribution < 1.29 is 14.0 Å². The lowest BCUT2D eigenvalue weighted by Crippen LogP contribution is -2.36. The van der Waals surface area contributed by atoms with Crippen LogP contribution in [-0.2, 0) is 11.3 Å². The van der Waals surface area contributed by atoms with Crippen molar-refractivity contribution in [3.8, 4) is 11.4 Å². The molecule has 10 heteroatoms. The second-order valence-electron chi connectivity index (χ2n) is 5.18. The SMILES string of the molecule is NC(=O)NC(=O)CSc1nnc(-c2ccc(Cl)cc2)n1Cc1ccco1. The summed E-state index contributed by atoms with van der Waals surface area (Å²) in [6.45, 7) is 0.387. The summed E-state index contributed by atoms with van der Waals surface area (Å²) >= 11 is 7.08. The molecule has 3 aromatic rings. The monoisotopic (exact) mass is 391 g/mol. The maximum atomic E-state index is 11.6. The quantitative estimate of drug-likeness (QED) is 0.623. The number of carbonyl (C=O) groups excluding carboxylic acids is 2. The molecule has 3 amide bonds. The van der Waals surface area contributed by atoms with E-state index < -0.39 is 11.9 Å². The van der Waals surface area contributed by atoms with E-state index in [-0.39, 0.29) is 5.75 Å². The number of amides is 3. The highest BCUT2D eigenvalue weighted by atomic mass is 35.5. The van der Waals surface area contributed by atoms with Crippen molar-refractivity contribution in [1.29, 1.82) is 0 Å². The van der Waals surface area contributed by atoms with Crippen LogP contribution in [0.2, 0.25) is 5.02 Å². The second-order valence-corrected chi connectivity index (χ2v) is 6.56. The summed E-state index contributed by atoms with van der Waals surface area (Å²) in [5, 5.41) is 11.5. The first-order valence-corrected chi connectivity index (χ1v) is 8.83. The lowest BCUT2D eigenvalue weighted by atomic mass is 10.2. The molecule has 0 bridgehead atoms. The van der Waals surface area contributed by atoms with Gasteiger partial charge in [0.2, 0.25) is 5.91 Å². The molecule has 0 unspecified atom stereocenters. The normalized spacial score (nSPS) is 10.7. The van der Waals surface area contributed by atoms with Gasteiger partial charge in [-0.15, -0.1) is 10.2 Å². The number of halogens is 1. The largest absolute Gasteiger partial charge is 0.467 e. The molecule has 2 aromatic heterocycles. The van der Waals surface area contributed by atoms with Crippen LogP contribution in [0.25, 0.3) is 11.4 Å². The van der Waals surface area contributed by atoms with E-state index >= 15 is 0 Å². The summed E-state index contributed by atoms with van der Waals surface area (Å²) in [5.74, 6) is 0.780. The average Bonchev–Trinajstić information content (AvgIpc) is 3.24. The number of aromatic nitrogens is 3. The number of imide groups is 1. The summed E-state index contributed by atoms with van der Waals surface area (Å²) in [5.41, 5.74) is 5.76. The number of primary amides is 1. The van der Waals surface area contributed by atoms with Crippen molar-refractivity contribution in [2.75, 3.05) is 5.75 Å². The molecule has 0 spiro atoms. The van der Waals surface area contributed by atoms with E-state index in [2.05, 4.69) is 10.2 Å². The number of nitrogens with zero attached hydrogens (tertiary/aromatic N) is 3. The topological polar surface area (TPSA) is 116 Å². The standard InChI is InChI=1S/C16H14ClN5O3S/c17-11-5-3-10(4-6-11)14-20-21-16(26-9-13(23)19-15(18)24)22(14)8-12-2-1-7-25-12/h1-7H,8-9H2,(H3,18,19,23,24). The minimum absolute atomic E-state index is 0.0279. The zero-order valence-corrected chi connectivity index (χ0v) is 15.0. The van der Waals surface area contributed by atoms with Gasteiger partial charge in [-0.05, 0) is 36.4 Å². The van der Waals surface area contributed by atoms with Crippen LogP contribution >= 0.6 is 23.4 Å². The smallest absolute Gasteiger partial charge is 0.318 e. The number of benzene rings is 1. The number of nitrogens with one attached hydrogen (secondary N) is 1. The van der Waals surface area contributed by atoms with E-state index in [1.807, 2.05) is 28.1 Å². The maximum Gasteiger partial charge on any atom is 0.318 e. The average molecular weight is 392 g/mol. The van der Waals surface area contributed by atoms with Crippen LogP contribution < -0.4 is 11.1 Å². The van der Waals surface area contributed by atoms with Gasteiger partial charge < -0.3 is 10.2 Å². The molecule has 3 N–H and O–H groups in total. The number of rotatable bonds is 6. The fourth-order valence-electron chi connectivity index (χ4n) is 2.21. The third-order valence-corrected chi connectivity index (χ3v) is 4.53. The molecule has 0 radical (unpaired) electrons. The fourth-order valence-corrected chi connectivity index (χ4v) is 3.08. The molecule has 0 aliphatic heterocycles. The number of urea groups is 1. The number of furan rings is 1. The lowest BCUT2D eigenvalue weighted by Gasteiger charge is -2.09. The Morgan fingerprint density at radius 3 is 2.65 bits per heavy atom. The van der Waals surface area contributed by atoms with Crippen molar-refractivity contribution >= 4 is 35.3 Å². The summed E-state index contributed by atoms with van der Waals surface area (Å²) in [4.78, 5) is 22.4. The molecular weight excluding hydrogens is 378 g/mol. The van der Waals surface area contributed by atoms with Gasteiger partial charge in [0.1, 0.15) is 5.76 Å². The minimum atomic E-state index is -0.894. The first-order valence-electron chi connectivity index (χ1n) is 7.46. The van der Waals surface area contributed by atoms with Gasteiger partial charge >= 0.3 is 6.03 Å². The Morgan fingerprint density at radius 1 is 1.23 bits per heavy atom. The van der Waals surface area contributed by atoms with E-state index in [4.69, 9.17) is 21.8 Å². The molecule has 8 nitrogen and oxygen atoms in total. The molecule has 0 fully saturated rings. The number of hydrogen-bond donors (Lipinski definition) is 2. The molecular formula is C16H14ClN5O3S. The Kier molecular flexibility index (Phi) is 5.59. The zero-order chi connectivity index (χ0) is 18.5. The highest BCUT2D eigenvalue weighted by molar-refractivity contribution is 7.99. The van der Waals surface area contributed by atoms with E-state index in [1.165, 1.54) is 0 Å². The number of thioether (sulfide) groups is 1. The molecule has 0 aliphatic carbocycles. The van der Waals surface area contributed by atoms with Crippen LogP contribution in [-0.4, -0.2) is 32.5 Å². The fraction of sp³-hybridized carbons (Fsp3) is 0.125. The van der Waals surface area contributed by atoms with Gasteiger partial charge in [-0.1, -0.05) is 23.4 Å². The first-order chi connectivity index (χ1) is 12.5. The van der Waals surface area contributed by atoms with Crippen LogP contribution in [0.3, 0.4) is 0 Å². The van der Waals surface area contributed by atoms with Crippen LogP contribution in [0.4, 0.5) is 4.79 Å². The van der Waals surface area contributed by atoms with E-state index in [9.17, 15) is 9.59 Å². The number of carbonyl (C=O) groups is 2. The summed E-state index contributed by atoms with van der Waals surface area (Å²) < 4.78 is 7.23. The van der Waals surface area contributed by atoms with Gasteiger partial charge in [-0.25, -0.2) is 4.79 Å². The third kappa shape index (κ3) is 4.44. The Hall–Kier alpha value is -2.78. The van der Waals surface area contributed by atoms with Crippen molar-refractivity contribution in [3.05, 3.63) is 53.4 Å². The molecule has 134 valence electrons. The van der Waals surface area contributed by atoms with Crippen molar-refractivity contribution in [3.63, 3.8) is 0 Å². The van der Waals surface area contributed by atoms with Gasteiger partial charge in [0.15, 0.2) is 11.0 Å². The molecule has 0 aliphatic rings. The predicted octanol–water partition coefficient (Wildman–Crippen LogP) is 2.53. The lowest BCUT2D eigenvalue weighted by molar-refractivity contribution is -0.117. The molecule has 0 saturated carbocycles. The predicted molar refractivity (Wildman–Crippen MR) is 96.7 cm³/mol. The molecule has 1 aromatic carbocycles. The first kappa shape index (κ1) is 18.0. The minimum Gasteiger partial charge on any atom is -0.467 e. The Labute approximate surface area is 157 Å². The maximum absolute atomic E-state index is 11.6. The van der Waals surface area contributed by atoms with Crippen molar-refractivity contribution in [2.45, 2.75) is 11.7 Å². The Morgan fingerprint density at radius 2 is 2.00 bits per heavy atom. The van der Waals surface area contributed by atoms with Crippen LogP contribution in [0.5, 0.6) is 0 Å². The summed E-state index contributed by atoms with van der Waals surface area (Å²) in [7, 11) is 0. The third-order valence-electron chi connectivity index (χ3n) is 3.31. The summed E-state index contributed by atoms with van der Waals surface area (Å²) in [6, 6.07) is 9.91. The van der Waals surface area contributed by atoms with Crippen LogP contribution in [0.15, 0.2) is 52.2 Å². The van der Waals surface area contributed by atoms with Crippen LogP contribution in [0, 0.1) is 0 Å². The van der Waals surface area contributed by atoms with Crippen molar-refractivity contribution in [2.24, 2.45) is 5.73 Å². The van der Waals surface area contributed by atoms with Gasteiger partial charge in [0.25, 0.3) is 0 Å². The van der Waals surface area contributed by atoms with Gasteiger partial charge in [-0.2, -0.15) is 0 Å². The molecule has 3 rings (SSSR count). The molecule has 26 heavy (non-hydrogen) atoms. The molecule has 2 heterocycles. The molecule has 0 saturated heterocycles.